The number of amidine groups is 1. The Bertz CT molecular complexity index is 618. The van der Waals surface area contributed by atoms with Crippen molar-refractivity contribution in [1.82, 2.24) is 4.90 Å². The van der Waals surface area contributed by atoms with Crippen LogP contribution in [0.25, 0.3) is 6.08 Å². The average Bonchev–Trinajstić information content (AvgIpc) is 2.89. The van der Waals surface area contributed by atoms with Crippen LogP contribution in [0.3, 0.4) is 0 Å². The maximum Gasteiger partial charge on any atom is 0.286 e. The van der Waals surface area contributed by atoms with Crippen molar-refractivity contribution in [3.05, 3.63) is 40.3 Å². The van der Waals surface area contributed by atoms with Gasteiger partial charge in [-0.25, -0.2) is 0 Å². The number of nitrogens with zero attached hydrogens (tertiary/aromatic N) is 2. The SMILES string of the molecule is CCc1ccc(/C=C2\SC(N3CCCC(C)C3)=NC2=O)cc1. The van der Waals surface area contributed by atoms with E-state index in [1.54, 1.807) is 0 Å². The van der Waals surface area contributed by atoms with Crippen LogP contribution in [-0.4, -0.2) is 29.1 Å². The molecule has 2 aliphatic rings. The number of aryl methyl sites for hydroxylation is 1. The van der Waals surface area contributed by atoms with Crippen molar-refractivity contribution in [3.8, 4) is 0 Å². The van der Waals surface area contributed by atoms with E-state index in [9.17, 15) is 4.79 Å². The van der Waals surface area contributed by atoms with E-state index in [0.717, 1.165) is 35.1 Å². The molecule has 1 saturated heterocycles. The Labute approximate surface area is 136 Å². The Kier molecular flexibility index (Phi) is 4.67. The summed E-state index contributed by atoms with van der Waals surface area (Å²) in [6, 6.07) is 8.37. The van der Waals surface area contributed by atoms with Crippen molar-refractivity contribution in [2.75, 3.05) is 13.1 Å². The molecule has 0 aromatic heterocycles. The van der Waals surface area contributed by atoms with E-state index in [4.69, 9.17) is 0 Å². The highest BCUT2D eigenvalue weighted by Crippen LogP contribution is 2.32. The molecule has 1 fully saturated rings. The number of carbonyl (C=O) groups is 1. The summed E-state index contributed by atoms with van der Waals surface area (Å²) in [7, 11) is 0. The Morgan fingerprint density at radius 3 is 2.82 bits per heavy atom. The van der Waals surface area contributed by atoms with Gasteiger partial charge in [-0.1, -0.05) is 38.1 Å². The molecule has 2 heterocycles. The number of piperidine rings is 1. The topological polar surface area (TPSA) is 32.7 Å². The van der Waals surface area contributed by atoms with E-state index in [0.29, 0.717) is 5.92 Å². The predicted molar refractivity (Wildman–Crippen MR) is 93.8 cm³/mol. The second kappa shape index (κ2) is 6.69. The Morgan fingerprint density at radius 2 is 2.14 bits per heavy atom. The van der Waals surface area contributed by atoms with Gasteiger partial charge in [-0.2, -0.15) is 4.99 Å². The fourth-order valence-electron chi connectivity index (χ4n) is 2.90. The normalized spacial score (nSPS) is 24.0. The number of likely N-dealkylation sites (tertiary alicyclic amines) is 1. The lowest BCUT2D eigenvalue weighted by Gasteiger charge is -2.31. The third kappa shape index (κ3) is 3.43. The van der Waals surface area contributed by atoms with Crippen LogP contribution >= 0.6 is 11.8 Å². The largest absolute Gasteiger partial charge is 0.351 e. The molecule has 3 nitrogen and oxygen atoms in total. The molecule has 2 aliphatic heterocycles. The maximum atomic E-state index is 12.1. The van der Waals surface area contributed by atoms with Crippen molar-refractivity contribution >= 4 is 28.9 Å². The monoisotopic (exact) mass is 314 g/mol. The van der Waals surface area contributed by atoms with Crippen LogP contribution < -0.4 is 0 Å². The van der Waals surface area contributed by atoms with Gasteiger partial charge in [-0.05, 0) is 54.1 Å². The van der Waals surface area contributed by atoms with Gasteiger partial charge >= 0.3 is 0 Å². The van der Waals surface area contributed by atoms with Crippen molar-refractivity contribution < 1.29 is 4.79 Å². The summed E-state index contributed by atoms with van der Waals surface area (Å²) >= 11 is 1.52. The van der Waals surface area contributed by atoms with Gasteiger partial charge in [-0.15, -0.1) is 0 Å². The molecule has 1 unspecified atom stereocenters. The number of benzene rings is 1. The first-order chi connectivity index (χ1) is 10.7. The van der Waals surface area contributed by atoms with Gasteiger partial charge in [-0.3, -0.25) is 4.79 Å². The number of rotatable bonds is 2. The smallest absolute Gasteiger partial charge is 0.286 e. The van der Waals surface area contributed by atoms with E-state index in [2.05, 4.69) is 48.0 Å². The first-order valence-corrected chi connectivity index (χ1v) is 8.84. The highest BCUT2D eigenvalue weighted by molar-refractivity contribution is 8.18. The fraction of sp³-hybridized carbons (Fsp3) is 0.444. The van der Waals surface area contributed by atoms with E-state index in [1.807, 2.05) is 6.08 Å². The number of thioether (sulfide) groups is 1. The zero-order valence-electron chi connectivity index (χ0n) is 13.2. The number of carbonyl (C=O) groups excluding carboxylic acids is 1. The quantitative estimate of drug-likeness (QED) is 0.775. The molecule has 1 atom stereocenters. The highest BCUT2D eigenvalue weighted by atomic mass is 32.2. The van der Waals surface area contributed by atoms with Crippen LogP contribution in [0.15, 0.2) is 34.2 Å². The minimum atomic E-state index is -0.0993. The molecule has 1 aromatic carbocycles. The zero-order chi connectivity index (χ0) is 15.5. The van der Waals surface area contributed by atoms with Gasteiger partial charge in [0.15, 0.2) is 5.17 Å². The van der Waals surface area contributed by atoms with Crippen LogP contribution in [0.4, 0.5) is 0 Å². The summed E-state index contributed by atoms with van der Waals surface area (Å²) in [6.07, 6.45) is 5.45. The van der Waals surface area contributed by atoms with Crippen molar-refractivity contribution in [3.63, 3.8) is 0 Å². The summed E-state index contributed by atoms with van der Waals surface area (Å²) in [4.78, 5) is 19.4. The van der Waals surface area contributed by atoms with E-state index >= 15 is 0 Å². The highest BCUT2D eigenvalue weighted by Gasteiger charge is 2.28. The second-order valence-electron chi connectivity index (χ2n) is 6.10. The van der Waals surface area contributed by atoms with Crippen molar-refractivity contribution in [1.29, 1.82) is 0 Å². The van der Waals surface area contributed by atoms with E-state index in [1.165, 1.54) is 30.2 Å². The summed E-state index contributed by atoms with van der Waals surface area (Å²) < 4.78 is 0. The molecule has 0 spiro atoms. The van der Waals surface area contributed by atoms with Crippen LogP contribution in [0, 0.1) is 5.92 Å². The molecule has 116 valence electrons. The van der Waals surface area contributed by atoms with Crippen LogP contribution in [0.1, 0.15) is 37.8 Å². The molecule has 1 aromatic rings. The Hall–Kier alpha value is -1.55. The van der Waals surface area contributed by atoms with Crippen molar-refractivity contribution in [2.45, 2.75) is 33.1 Å². The van der Waals surface area contributed by atoms with Gasteiger partial charge in [0.1, 0.15) is 0 Å². The number of aliphatic imine (C=N–C) groups is 1. The van der Waals surface area contributed by atoms with Gasteiger partial charge in [0, 0.05) is 13.1 Å². The predicted octanol–water partition coefficient (Wildman–Crippen LogP) is 3.95. The lowest BCUT2D eigenvalue weighted by molar-refractivity contribution is -0.113. The average molecular weight is 314 g/mol. The van der Waals surface area contributed by atoms with Crippen LogP contribution in [-0.2, 0) is 11.2 Å². The molecular formula is C18H22N2OS. The molecule has 0 bridgehead atoms. The molecule has 4 heteroatoms. The molecule has 22 heavy (non-hydrogen) atoms. The minimum Gasteiger partial charge on any atom is -0.351 e. The van der Waals surface area contributed by atoms with E-state index < -0.39 is 0 Å². The molecule has 1 amide bonds. The van der Waals surface area contributed by atoms with Crippen LogP contribution in [0.2, 0.25) is 0 Å². The van der Waals surface area contributed by atoms with Gasteiger partial charge < -0.3 is 4.90 Å². The van der Waals surface area contributed by atoms with Crippen LogP contribution in [0.5, 0.6) is 0 Å². The molecular weight excluding hydrogens is 292 g/mol. The van der Waals surface area contributed by atoms with E-state index in [-0.39, 0.29) is 5.91 Å². The summed E-state index contributed by atoms with van der Waals surface area (Å²) in [5.74, 6) is 0.583. The number of hydrogen-bond acceptors (Lipinski definition) is 3. The minimum absolute atomic E-state index is 0.0993. The summed E-state index contributed by atoms with van der Waals surface area (Å²) in [5.41, 5.74) is 2.38. The lowest BCUT2D eigenvalue weighted by Crippen LogP contribution is -2.37. The van der Waals surface area contributed by atoms with Gasteiger partial charge in [0.05, 0.1) is 4.91 Å². The zero-order valence-corrected chi connectivity index (χ0v) is 14.0. The molecule has 0 aliphatic carbocycles. The second-order valence-corrected chi connectivity index (χ2v) is 7.11. The molecule has 0 saturated carbocycles. The number of amides is 1. The maximum absolute atomic E-state index is 12.1. The van der Waals surface area contributed by atoms with Gasteiger partial charge in [0.2, 0.25) is 0 Å². The fourth-order valence-corrected chi connectivity index (χ4v) is 3.85. The first-order valence-electron chi connectivity index (χ1n) is 8.02. The molecule has 3 rings (SSSR count). The van der Waals surface area contributed by atoms with Crippen molar-refractivity contribution in [2.24, 2.45) is 10.9 Å². The van der Waals surface area contributed by atoms with Gasteiger partial charge in [0.25, 0.3) is 5.91 Å². The first kappa shape index (κ1) is 15.3. The third-order valence-corrected chi connectivity index (χ3v) is 5.27. The standard InChI is InChI=1S/C18H22N2OS/c1-3-14-6-8-15(9-7-14)11-16-17(21)19-18(22-16)20-10-4-5-13(2)12-20/h6-9,11,13H,3-5,10,12H2,1-2H3/b16-11-. The molecule has 0 N–H and O–H groups in total. The summed E-state index contributed by atoms with van der Waals surface area (Å²) in [6.45, 7) is 6.43. The number of hydrogen-bond donors (Lipinski definition) is 0. The summed E-state index contributed by atoms with van der Waals surface area (Å²) in [5, 5.41) is 0.882. The lowest BCUT2D eigenvalue weighted by atomic mass is 10.0. The molecule has 0 radical (unpaired) electrons. The Balaban J connectivity index is 1.72. The Morgan fingerprint density at radius 1 is 1.36 bits per heavy atom. The third-order valence-electron chi connectivity index (χ3n) is 4.22.